The lowest BCUT2D eigenvalue weighted by Crippen LogP contribution is -2.26. The number of carbonyl (C=O) groups excluding carboxylic acids is 1. The van der Waals surface area contributed by atoms with Gasteiger partial charge in [-0.05, 0) is 24.3 Å². The molecule has 0 radical (unpaired) electrons. The SMILES string of the molecule is CNC(=O)CCN(C)c1ccc(C(N)=S)cc1. The fourth-order valence-electron chi connectivity index (χ4n) is 1.40. The number of nitrogens with two attached hydrogens (primary N) is 1. The summed E-state index contributed by atoms with van der Waals surface area (Å²) in [6.07, 6.45) is 0.476. The largest absolute Gasteiger partial charge is 0.389 e. The average molecular weight is 251 g/mol. The van der Waals surface area contributed by atoms with Crippen LogP contribution in [0.3, 0.4) is 0 Å². The van der Waals surface area contributed by atoms with Crippen LogP contribution in [0.2, 0.25) is 0 Å². The molecule has 1 rings (SSSR count). The predicted molar refractivity (Wildman–Crippen MR) is 74.3 cm³/mol. The van der Waals surface area contributed by atoms with E-state index in [1.165, 1.54) is 0 Å². The van der Waals surface area contributed by atoms with Gasteiger partial charge in [-0.2, -0.15) is 0 Å². The molecule has 17 heavy (non-hydrogen) atoms. The summed E-state index contributed by atoms with van der Waals surface area (Å²) in [6, 6.07) is 7.65. The van der Waals surface area contributed by atoms with Crippen molar-refractivity contribution in [1.82, 2.24) is 5.32 Å². The van der Waals surface area contributed by atoms with E-state index in [1.54, 1.807) is 7.05 Å². The van der Waals surface area contributed by atoms with Crippen molar-refractivity contribution in [2.45, 2.75) is 6.42 Å². The first-order chi connectivity index (χ1) is 8.04. The first-order valence-corrected chi connectivity index (χ1v) is 5.77. The quantitative estimate of drug-likeness (QED) is 0.763. The molecule has 0 atom stereocenters. The number of hydrogen-bond acceptors (Lipinski definition) is 3. The molecule has 5 heteroatoms. The zero-order chi connectivity index (χ0) is 12.8. The van der Waals surface area contributed by atoms with Crippen LogP contribution in [0.15, 0.2) is 24.3 Å². The molecule has 4 nitrogen and oxygen atoms in total. The van der Waals surface area contributed by atoms with Gasteiger partial charge in [0.1, 0.15) is 4.99 Å². The topological polar surface area (TPSA) is 58.4 Å². The number of anilines is 1. The maximum Gasteiger partial charge on any atom is 0.221 e. The van der Waals surface area contributed by atoms with E-state index in [0.29, 0.717) is 18.0 Å². The van der Waals surface area contributed by atoms with Crippen LogP contribution in [0.5, 0.6) is 0 Å². The highest BCUT2D eigenvalue weighted by Gasteiger charge is 2.04. The van der Waals surface area contributed by atoms with Crippen LogP contribution in [-0.4, -0.2) is 31.5 Å². The Morgan fingerprint density at radius 1 is 1.41 bits per heavy atom. The number of carbonyl (C=O) groups is 1. The maximum atomic E-state index is 11.1. The van der Waals surface area contributed by atoms with Crippen molar-refractivity contribution in [2.75, 3.05) is 25.5 Å². The van der Waals surface area contributed by atoms with Gasteiger partial charge in [0.15, 0.2) is 0 Å². The number of amides is 1. The van der Waals surface area contributed by atoms with E-state index in [-0.39, 0.29) is 5.91 Å². The normalized spacial score (nSPS) is 9.76. The van der Waals surface area contributed by atoms with Gasteiger partial charge in [-0.1, -0.05) is 12.2 Å². The van der Waals surface area contributed by atoms with Gasteiger partial charge < -0.3 is 16.0 Å². The van der Waals surface area contributed by atoms with Crippen molar-refractivity contribution in [3.05, 3.63) is 29.8 Å². The highest BCUT2D eigenvalue weighted by atomic mass is 32.1. The third-order valence-electron chi connectivity index (χ3n) is 2.55. The molecule has 0 bridgehead atoms. The van der Waals surface area contributed by atoms with Crippen molar-refractivity contribution >= 4 is 28.8 Å². The summed E-state index contributed by atoms with van der Waals surface area (Å²) in [7, 11) is 3.58. The van der Waals surface area contributed by atoms with E-state index in [1.807, 2.05) is 36.2 Å². The lowest BCUT2D eigenvalue weighted by molar-refractivity contribution is -0.120. The first-order valence-electron chi connectivity index (χ1n) is 5.36. The third-order valence-corrected chi connectivity index (χ3v) is 2.78. The Bertz CT molecular complexity index is 403. The van der Waals surface area contributed by atoms with Crippen molar-refractivity contribution in [2.24, 2.45) is 5.73 Å². The summed E-state index contributed by atoms with van der Waals surface area (Å²) in [5.41, 5.74) is 7.41. The molecular weight excluding hydrogens is 234 g/mol. The first kappa shape index (κ1) is 13.4. The number of rotatable bonds is 5. The average Bonchev–Trinajstić information content (AvgIpc) is 2.35. The lowest BCUT2D eigenvalue weighted by atomic mass is 10.2. The minimum atomic E-state index is 0.0385. The number of benzene rings is 1. The second-order valence-corrected chi connectivity index (χ2v) is 4.20. The molecule has 0 unspecified atom stereocenters. The molecule has 0 aromatic heterocycles. The molecular formula is C12H17N3OS. The van der Waals surface area contributed by atoms with E-state index >= 15 is 0 Å². The van der Waals surface area contributed by atoms with E-state index in [2.05, 4.69) is 5.32 Å². The molecule has 0 heterocycles. The lowest BCUT2D eigenvalue weighted by Gasteiger charge is -2.19. The van der Waals surface area contributed by atoms with Gasteiger partial charge >= 0.3 is 0 Å². The van der Waals surface area contributed by atoms with Crippen molar-refractivity contribution < 1.29 is 4.79 Å². The summed E-state index contributed by atoms with van der Waals surface area (Å²) >= 11 is 4.88. The van der Waals surface area contributed by atoms with Gasteiger partial charge in [0.25, 0.3) is 0 Å². The van der Waals surface area contributed by atoms with E-state index in [9.17, 15) is 4.79 Å². The summed E-state index contributed by atoms with van der Waals surface area (Å²) in [6.45, 7) is 0.673. The zero-order valence-corrected chi connectivity index (χ0v) is 10.9. The smallest absolute Gasteiger partial charge is 0.221 e. The fourth-order valence-corrected chi connectivity index (χ4v) is 1.54. The van der Waals surface area contributed by atoms with E-state index in [4.69, 9.17) is 18.0 Å². The van der Waals surface area contributed by atoms with E-state index < -0.39 is 0 Å². The van der Waals surface area contributed by atoms with Crippen molar-refractivity contribution in [3.8, 4) is 0 Å². The van der Waals surface area contributed by atoms with Gasteiger partial charge in [-0.15, -0.1) is 0 Å². The predicted octanol–water partition coefficient (Wildman–Crippen LogP) is 0.893. The van der Waals surface area contributed by atoms with Crippen LogP contribution in [0, 0.1) is 0 Å². The second kappa shape index (κ2) is 6.20. The highest BCUT2D eigenvalue weighted by Crippen LogP contribution is 2.13. The van der Waals surface area contributed by atoms with Crippen molar-refractivity contribution in [1.29, 1.82) is 0 Å². The van der Waals surface area contributed by atoms with Crippen LogP contribution in [0.25, 0.3) is 0 Å². The van der Waals surface area contributed by atoms with Crippen LogP contribution < -0.4 is 16.0 Å². The standard InChI is InChI=1S/C12H17N3OS/c1-14-11(16)7-8-15(2)10-5-3-9(4-6-10)12(13)17/h3-6H,7-8H2,1-2H3,(H2,13,17)(H,14,16). The van der Waals surface area contributed by atoms with Crippen LogP contribution in [-0.2, 0) is 4.79 Å². The van der Waals surface area contributed by atoms with Gasteiger partial charge in [-0.3, -0.25) is 4.79 Å². The zero-order valence-electron chi connectivity index (χ0n) is 10.1. The highest BCUT2D eigenvalue weighted by molar-refractivity contribution is 7.80. The van der Waals surface area contributed by atoms with Crippen molar-refractivity contribution in [3.63, 3.8) is 0 Å². The molecule has 0 fully saturated rings. The molecule has 0 aliphatic heterocycles. The van der Waals surface area contributed by atoms with Gasteiger partial charge in [0.2, 0.25) is 5.91 Å². The van der Waals surface area contributed by atoms with Crippen LogP contribution in [0.1, 0.15) is 12.0 Å². The summed E-state index contributed by atoms with van der Waals surface area (Å²) < 4.78 is 0. The minimum Gasteiger partial charge on any atom is -0.389 e. The number of thiocarbonyl (C=S) groups is 1. The molecule has 0 aliphatic rings. The van der Waals surface area contributed by atoms with Crippen LogP contribution >= 0.6 is 12.2 Å². The van der Waals surface area contributed by atoms with Gasteiger partial charge in [0, 0.05) is 38.3 Å². The molecule has 0 saturated heterocycles. The molecule has 1 aromatic rings. The molecule has 0 saturated carbocycles. The van der Waals surface area contributed by atoms with Crippen LogP contribution in [0.4, 0.5) is 5.69 Å². The third kappa shape index (κ3) is 4.03. The Morgan fingerprint density at radius 3 is 2.47 bits per heavy atom. The van der Waals surface area contributed by atoms with E-state index in [0.717, 1.165) is 11.3 Å². The minimum absolute atomic E-state index is 0.0385. The summed E-state index contributed by atoms with van der Waals surface area (Å²) in [4.78, 5) is 13.5. The molecule has 0 aliphatic carbocycles. The Hall–Kier alpha value is -1.62. The Balaban J connectivity index is 2.60. The summed E-state index contributed by atoms with van der Waals surface area (Å²) in [5, 5.41) is 2.60. The maximum absolute atomic E-state index is 11.1. The summed E-state index contributed by atoms with van der Waals surface area (Å²) in [5.74, 6) is 0.0385. The molecule has 0 spiro atoms. The molecule has 1 aromatic carbocycles. The Morgan fingerprint density at radius 2 is 2.00 bits per heavy atom. The Labute approximate surface area is 107 Å². The number of nitrogens with one attached hydrogen (secondary N) is 1. The molecule has 3 N–H and O–H groups in total. The second-order valence-electron chi connectivity index (χ2n) is 3.76. The van der Waals surface area contributed by atoms with Gasteiger partial charge in [0.05, 0.1) is 0 Å². The fraction of sp³-hybridized carbons (Fsp3) is 0.333. The molecule has 1 amide bonds. The van der Waals surface area contributed by atoms with Gasteiger partial charge in [-0.25, -0.2) is 0 Å². The number of nitrogens with zero attached hydrogens (tertiary/aromatic N) is 1. The number of hydrogen-bond donors (Lipinski definition) is 2. The molecule has 92 valence electrons. The monoisotopic (exact) mass is 251 g/mol. The Kier molecular flexibility index (Phi) is 4.90.